The first-order valence-corrected chi connectivity index (χ1v) is 5.80. The van der Waals surface area contributed by atoms with Gasteiger partial charge in [-0.1, -0.05) is 31.2 Å². The molecular weight excluding hydrogens is 198 g/mol. The van der Waals surface area contributed by atoms with E-state index in [2.05, 4.69) is 34.6 Å². The largest absolute Gasteiger partial charge is 0.365 e. The maximum Gasteiger partial charge on any atom is 0.156 e. The number of fused-ring (bicyclic) bond motifs is 1. The van der Waals surface area contributed by atoms with Crippen LogP contribution in [-0.4, -0.2) is 16.2 Å². The van der Waals surface area contributed by atoms with Crippen molar-refractivity contribution in [2.45, 2.75) is 25.8 Å². The van der Waals surface area contributed by atoms with Crippen LogP contribution in [0.5, 0.6) is 0 Å². The molecule has 0 spiro atoms. The third kappa shape index (κ3) is 1.62. The average molecular weight is 213 g/mol. The van der Waals surface area contributed by atoms with Gasteiger partial charge in [0.05, 0.1) is 6.20 Å². The molecule has 2 aromatic rings. The Labute approximate surface area is 94.9 Å². The van der Waals surface area contributed by atoms with E-state index < -0.39 is 0 Å². The van der Waals surface area contributed by atoms with Gasteiger partial charge in [0.1, 0.15) is 0 Å². The van der Waals surface area contributed by atoms with Crippen LogP contribution >= 0.6 is 0 Å². The highest BCUT2D eigenvalue weighted by molar-refractivity contribution is 5.90. The number of nitrogens with one attached hydrogen (secondary N) is 1. The summed E-state index contributed by atoms with van der Waals surface area (Å²) in [5.41, 5.74) is 0. The summed E-state index contributed by atoms with van der Waals surface area (Å²) >= 11 is 0. The fraction of sp³-hybridized carbons (Fsp3) is 0.385. The lowest BCUT2D eigenvalue weighted by atomic mass is 9.82. The molecule has 3 nitrogen and oxygen atoms in total. The molecule has 3 heteroatoms. The maximum atomic E-state index is 4.19. The highest BCUT2D eigenvalue weighted by Gasteiger charge is 2.25. The Hall–Kier alpha value is -1.64. The molecule has 3 rings (SSSR count). The van der Waals surface area contributed by atoms with Gasteiger partial charge in [0.2, 0.25) is 0 Å². The molecule has 1 heterocycles. The molecular formula is C13H15N3. The van der Waals surface area contributed by atoms with Crippen LogP contribution in [0.15, 0.2) is 30.5 Å². The Bertz CT molecular complexity index is 498. The van der Waals surface area contributed by atoms with Crippen molar-refractivity contribution in [2.24, 2.45) is 5.92 Å². The quantitative estimate of drug-likeness (QED) is 0.833. The number of hydrogen-bond donors (Lipinski definition) is 1. The van der Waals surface area contributed by atoms with Crippen LogP contribution in [0.1, 0.15) is 19.8 Å². The van der Waals surface area contributed by atoms with Crippen LogP contribution in [0.2, 0.25) is 0 Å². The van der Waals surface area contributed by atoms with Crippen LogP contribution in [0, 0.1) is 5.92 Å². The molecule has 0 bridgehead atoms. The summed E-state index contributed by atoms with van der Waals surface area (Å²) in [5.74, 6) is 1.77. The molecule has 1 aromatic heterocycles. The molecule has 0 unspecified atom stereocenters. The van der Waals surface area contributed by atoms with E-state index in [9.17, 15) is 0 Å². The SMILES string of the molecule is CC1CC(Nc2nncc3ccccc23)C1. The van der Waals surface area contributed by atoms with E-state index in [0.717, 1.165) is 22.5 Å². The third-order valence-corrected chi connectivity index (χ3v) is 3.29. The van der Waals surface area contributed by atoms with Gasteiger partial charge >= 0.3 is 0 Å². The summed E-state index contributed by atoms with van der Waals surface area (Å²) in [5, 5.41) is 14.0. The second-order valence-electron chi connectivity index (χ2n) is 4.70. The Morgan fingerprint density at radius 1 is 1.25 bits per heavy atom. The molecule has 1 fully saturated rings. The van der Waals surface area contributed by atoms with Gasteiger partial charge < -0.3 is 5.32 Å². The van der Waals surface area contributed by atoms with E-state index in [4.69, 9.17) is 0 Å². The van der Waals surface area contributed by atoms with Crippen molar-refractivity contribution in [3.05, 3.63) is 30.5 Å². The Morgan fingerprint density at radius 3 is 2.88 bits per heavy atom. The monoisotopic (exact) mass is 213 g/mol. The fourth-order valence-corrected chi connectivity index (χ4v) is 2.35. The molecule has 1 aliphatic carbocycles. The molecule has 1 aliphatic rings. The van der Waals surface area contributed by atoms with Gasteiger partial charge in [0.15, 0.2) is 5.82 Å². The van der Waals surface area contributed by atoms with Crippen molar-refractivity contribution < 1.29 is 0 Å². The van der Waals surface area contributed by atoms with E-state index >= 15 is 0 Å². The molecule has 1 N–H and O–H groups in total. The minimum Gasteiger partial charge on any atom is -0.365 e. The Balaban J connectivity index is 1.91. The molecule has 0 saturated heterocycles. The molecule has 82 valence electrons. The van der Waals surface area contributed by atoms with E-state index in [1.54, 1.807) is 0 Å². The number of nitrogens with zero attached hydrogens (tertiary/aromatic N) is 2. The fourth-order valence-electron chi connectivity index (χ4n) is 2.35. The Morgan fingerprint density at radius 2 is 2.06 bits per heavy atom. The summed E-state index contributed by atoms with van der Waals surface area (Å²) in [6.45, 7) is 2.28. The van der Waals surface area contributed by atoms with Gasteiger partial charge in [-0.15, -0.1) is 5.10 Å². The first-order valence-electron chi connectivity index (χ1n) is 5.80. The molecule has 0 aliphatic heterocycles. The van der Waals surface area contributed by atoms with Gasteiger partial charge in [-0.3, -0.25) is 0 Å². The summed E-state index contributed by atoms with van der Waals surface area (Å²) < 4.78 is 0. The zero-order valence-corrected chi connectivity index (χ0v) is 9.35. The van der Waals surface area contributed by atoms with Gasteiger partial charge in [-0.25, -0.2) is 0 Å². The standard InChI is InChI=1S/C13H15N3/c1-9-6-11(7-9)15-13-12-5-3-2-4-10(12)8-14-16-13/h2-5,8-9,11H,6-7H2,1H3,(H,15,16). The lowest BCUT2D eigenvalue weighted by Crippen LogP contribution is -2.34. The topological polar surface area (TPSA) is 37.8 Å². The Kier molecular flexibility index (Phi) is 2.24. The number of benzene rings is 1. The van der Waals surface area contributed by atoms with Gasteiger partial charge in [0, 0.05) is 16.8 Å². The smallest absolute Gasteiger partial charge is 0.156 e. The molecule has 0 amide bonds. The van der Waals surface area contributed by atoms with Crippen LogP contribution in [0.25, 0.3) is 10.8 Å². The van der Waals surface area contributed by atoms with E-state index in [0.29, 0.717) is 6.04 Å². The lowest BCUT2D eigenvalue weighted by molar-refractivity contribution is 0.308. The maximum absolute atomic E-state index is 4.19. The van der Waals surface area contributed by atoms with E-state index in [-0.39, 0.29) is 0 Å². The molecule has 1 saturated carbocycles. The summed E-state index contributed by atoms with van der Waals surface area (Å²) in [6.07, 6.45) is 4.29. The second kappa shape index (κ2) is 3.74. The summed E-state index contributed by atoms with van der Waals surface area (Å²) in [4.78, 5) is 0. The number of rotatable bonds is 2. The van der Waals surface area contributed by atoms with Crippen LogP contribution < -0.4 is 5.32 Å². The molecule has 1 aromatic carbocycles. The third-order valence-electron chi connectivity index (χ3n) is 3.29. The second-order valence-corrected chi connectivity index (χ2v) is 4.70. The van der Waals surface area contributed by atoms with Crippen molar-refractivity contribution in [2.75, 3.05) is 5.32 Å². The minimum absolute atomic E-state index is 0.579. The average Bonchev–Trinajstić information content (AvgIpc) is 2.27. The normalized spacial score (nSPS) is 24.1. The zero-order valence-electron chi connectivity index (χ0n) is 9.35. The van der Waals surface area contributed by atoms with Crippen LogP contribution in [-0.2, 0) is 0 Å². The molecule has 16 heavy (non-hydrogen) atoms. The van der Waals surface area contributed by atoms with Gasteiger partial charge in [-0.05, 0) is 18.8 Å². The van der Waals surface area contributed by atoms with Crippen molar-refractivity contribution in [1.29, 1.82) is 0 Å². The van der Waals surface area contributed by atoms with Crippen molar-refractivity contribution in [3.63, 3.8) is 0 Å². The van der Waals surface area contributed by atoms with E-state index in [1.165, 1.54) is 12.8 Å². The number of anilines is 1. The zero-order chi connectivity index (χ0) is 11.0. The van der Waals surface area contributed by atoms with Gasteiger partial charge in [-0.2, -0.15) is 5.10 Å². The lowest BCUT2D eigenvalue weighted by Gasteiger charge is -2.33. The first-order chi connectivity index (χ1) is 7.83. The van der Waals surface area contributed by atoms with Crippen LogP contribution in [0.3, 0.4) is 0 Å². The number of hydrogen-bond acceptors (Lipinski definition) is 3. The van der Waals surface area contributed by atoms with Crippen molar-refractivity contribution in [1.82, 2.24) is 10.2 Å². The van der Waals surface area contributed by atoms with Crippen molar-refractivity contribution >= 4 is 16.6 Å². The predicted octanol–water partition coefficient (Wildman–Crippen LogP) is 2.84. The molecule has 0 atom stereocenters. The molecule has 0 radical (unpaired) electrons. The minimum atomic E-state index is 0.579. The highest BCUT2D eigenvalue weighted by atomic mass is 15.2. The first kappa shape index (κ1) is 9.58. The number of aromatic nitrogens is 2. The van der Waals surface area contributed by atoms with Crippen molar-refractivity contribution in [3.8, 4) is 0 Å². The highest BCUT2D eigenvalue weighted by Crippen LogP contribution is 2.30. The summed E-state index contributed by atoms with van der Waals surface area (Å²) in [6, 6.07) is 8.81. The summed E-state index contributed by atoms with van der Waals surface area (Å²) in [7, 11) is 0. The van der Waals surface area contributed by atoms with E-state index in [1.807, 2.05) is 18.3 Å². The van der Waals surface area contributed by atoms with Gasteiger partial charge in [0.25, 0.3) is 0 Å². The predicted molar refractivity (Wildman–Crippen MR) is 65.3 cm³/mol. The van der Waals surface area contributed by atoms with Crippen LogP contribution in [0.4, 0.5) is 5.82 Å².